The number of rotatable bonds is 6. The smallest absolute Gasteiger partial charge is 0.226 e. The molecule has 0 spiro atoms. The van der Waals surface area contributed by atoms with E-state index in [1.165, 1.54) is 0 Å². The highest BCUT2D eigenvalue weighted by Gasteiger charge is 2.13. The third kappa shape index (κ3) is 3.25. The van der Waals surface area contributed by atoms with Gasteiger partial charge in [0.1, 0.15) is 0 Å². The van der Waals surface area contributed by atoms with Gasteiger partial charge < -0.3 is 4.90 Å². The SMILES string of the molecule is CCCn1c(N(CC)Cc2cccc(C)n2)n[nH]c1=S. The highest BCUT2D eigenvalue weighted by atomic mass is 32.1. The molecule has 0 radical (unpaired) electrons. The standard InChI is InChI=1S/C14H21N5S/c1-4-9-19-13(16-17-14(19)20)18(5-2)10-12-8-6-7-11(3)15-12/h6-8H,4-5,9-10H2,1-3H3,(H,17,20). The summed E-state index contributed by atoms with van der Waals surface area (Å²) in [5, 5.41) is 7.26. The molecular weight excluding hydrogens is 270 g/mol. The first-order valence-electron chi connectivity index (χ1n) is 6.98. The maximum atomic E-state index is 5.29. The van der Waals surface area contributed by atoms with E-state index in [0.717, 1.165) is 43.4 Å². The Morgan fingerprint density at radius 1 is 1.35 bits per heavy atom. The molecular formula is C14H21N5S. The van der Waals surface area contributed by atoms with Crippen LogP contribution in [0.3, 0.4) is 0 Å². The highest BCUT2D eigenvalue weighted by molar-refractivity contribution is 7.71. The predicted molar refractivity (Wildman–Crippen MR) is 83.4 cm³/mol. The molecule has 0 atom stereocenters. The number of anilines is 1. The summed E-state index contributed by atoms with van der Waals surface area (Å²) >= 11 is 5.29. The van der Waals surface area contributed by atoms with Crippen LogP contribution in [0.4, 0.5) is 5.95 Å². The number of pyridine rings is 1. The Morgan fingerprint density at radius 3 is 2.80 bits per heavy atom. The van der Waals surface area contributed by atoms with E-state index in [0.29, 0.717) is 4.77 Å². The third-order valence-corrected chi connectivity index (χ3v) is 3.46. The fourth-order valence-corrected chi connectivity index (χ4v) is 2.40. The van der Waals surface area contributed by atoms with Crippen LogP contribution in [0.1, 0.15) is 31.7 Å². The summed E-state index contributed by atoms with van der Waals surface area (Å²) in [4.78, 5) is 6.74. The summed E-state index contributed by atoms with van der Waals surface area (Å²) in [6.45, 7) is 8.73. The first-order valence-corrected chi connectivity index (χ1v) is 7.39. The molecule has 0 aliphatic rings. The van der Waals surface area contributed by atoms with Crippen molar-refractivity contribution in [3.8, 4) is 0 Å². The second kappa shape index (κ2) is 6.65. The predicted octanol–water partition coefficient (Wildman–Crippen LogP) is 3.08. The molecule has 0 unspecified atom stereocenters. The summed E-state index contributed by atoms with van der Waals surface area (Å²) in [5.74, 6) is 0.891. The second-order valence-corrected chi connectivity index (χ2v) is 5.15. The van der Waals surface area contributed by atoms with Gasteiger partial charge in [-0.15, -0.1) is 5.10 Å². The monoisotopic (exact) mass is 291 g/mol. The fourth-order valence-electron chi connectivity index (χ4n) is 2.18. The Bertz CT molecular complexity index is 616. The first-order chi connectivity index (χ1) is 9.65. The molecule has 0 saturated heterocycles. The van der Waals surface area contributed by atoms with Crippen molar-refractivity contribution in [1.82, 2.24) is 19.7 Å². The molecule has 0 aromatic carbocycles. The normalized spacial score (nSPS) is 10.8. The molecule has 2 aromatic rings. The Labute approximate surface area is 124 Å². The minimum absolute atomic E-state index is 0.678. The van der Waals surface area contributed by atoms with Gasteiger partial charge in [0.15, 0.2) is 4.77 Å². The van der Waals surface area contributed by atoms with Crippen molar-refractivity contribution in [1.29, 1.82) is 0 Å². The lowest BCUT2D eigenvalue weighted by Crippen LogP contribution is -2.26. The fraction of sp³-hybridized carbons (Fsp3) is 0.500. The molecule has 20 heavy (non-hydrogen) atoms. The summed E-state index contributed by atoms with van der Waals surface area (Å²) in [6, 6.07) is 6.09. The third-order valence-electron chi connectivity index (χ3n) is 3.15. The lowest BCUT2D eigenvalue weighted by Gasteiger charge is -2.22. The molecule has 0 aliphatic carbocycles. The van der Waals surface area contributed by atoms with Gasteiger partial charge in [-0.2, -0.15) is 0 Å². The molecule has 0 aliphatic heterocycles. The van der Waals surface area contributed by atoms with Gasteiger partial charge in [0, 0.05) is 18.8 Å². The summed E-state index contributed by atoms with van der Waals surface area (Å²) in [6.07, 6.45) is 1.03. The Balaban J connectivity index is 2.26. The molecule has 6 heteroatoms. The first kappa shape index (κ1) is 14.7. The summed E-state index contributed by atoms with van der Waals surface area (Å²) < 4.78 is 2.73. The zero-order valence-electron chi connectivity index (χ0n) is 12.3. The van der Waals surface area contributed by atoms with Crippen molar-refractivity contribution in [3.63, 3.8) is 0 Å². The molecule has 2 rings (SSSR count). The topological polar surface area (TPSA) is 49.7 Å². The van der Waals surface area contributed by atoms with Crippen LogP contribution in [0, 0.1) is 11.7 Å². The maximum absolute atomic E-state index is 5.29. The Morgan fingerprint density at radius 2 is 2.15 bits per heavy atom. The van der Waals surface area contributed by atoms with E-state index in [1.807, 2.05) is 25.1 Å². The van der Waals surface area contributed by atoms with Gasteiger partial charge in [-0.1, -0.05) is 13.0 Å². The van der Waals surface area contributed by atoms with Gasteiger partial charge in [0.05, 0.1) is 12.2 Å². The zero-order valence-corrected chi connectivity index (χ0v) is 13.1. The van der Waals surface area contributed by atoms with Crippen molar-refractivity contribution < 1.29 is 0 Å². The number of aromatic nitrogens is 4. The van der Waals surface area contributed by atoms with E-state index in [-0.39, 0.29) is 0 Å². The second-order valence-electron chi connectivity index (χ2n) is 4.76. The van der Waals surface area contributed by atoms with Crippen LogP contribution in [0.2, 0.25) is 0 Å². The van der Waals surface area contributed by atoms with Gasteiger partial charge in [-0.05, 0) is 44.6 Å². The summed E-state index contributed by atoms with van der Waals surface area (Å²) in [5.41, 5.74) is 2.08. The number of aromatic amines is 1. The van der Waals surface area contributed by atoms with Crippen LogP contribution < -0.4 is 4.90 Å². The highest BCUT2D eigenvalue weighted by Crippen LogP contribution is 2.15. The quantitative estimate of drug-likeness (QED) is 0.831. The minimum atomic E-state index is 0.678. The number of nitrogens with one attached hydrogen (secondary N) is 1. The van der Waals surface area contributed by atoms with Crippen molar-refractivity contribution in [2.45, 2.75) is 40.3 Å². The van der Waals surface area contributed by atoms with Crippen molar-refractivity contribution in [2.24, 2.45) is 0 Å². The molecule has 0 amide bonds. The number of nitrogens with zero attached hydrogens (tertiary/aromatic N) is 4. The molecule has 2 heterocycles. The lowest BCUT2D eigenvalue weighted by atomic mass is 10.3. The number of hydrogen-bond donors (Lipinski definition) is 1. The van der Waals surface area contributed by atoms with Crippen molar-refractivity contribution >= 4 is 18.2 Å². The number of hydrogen-bond acceptors (Lipinski definition) is 4. The van der Waals surface area contributed by atoms with Crippen LogP contribution in [0.15, 0.2) is 18.2 Å². The van der Waals surface area contributed by atoms with Crippen molar-refractivity contribution in [2.75, 3.05) is 11.4 Å². The van der Waals surface area contributed by atoms with E-state index in [1.54, 1.807) is 0 Å². The van der Waals surface area contributed by atoms with Gasteiger partial charge in [-0.25, -0.2) is 5.10 Å². The average molecular weight is 291 g/mol. The Kier molecular flexibility index (Phi) is 4.89. The minimum Gasteiger partial charge on any atom is -0.335 e. The molecule has 5 nitrogen and oxygen atoms in total. The molecule has 0 saturated carbocycles. The average Bonchev–Trinajstić information content (AvgIpc) is 2.78. The van der Waals surface area contributed by atoms with E-state index in [2.05, 4.69) is 38.5 Å². The van der Waals surface area contributed by atoms with Crippen LogP contribution in [0.25, 0.3) is 0 Å². The molecule has 108 valence electrons. The van der Waals surface area contributed by atoms with Gasteiger partial charge >= 0.3 is 0 Å². The van der Waals surface area contributed by atoms with Gasteiger partial charge in [-0.3, -0.25) is 9.55 Å². The Hall–Kier alpha value is -1.69. The lowest BCUT2D eigenvalue weighted by molar-refractivity contribution is 0.641. The van der Waals surface area contributed by atoms with Crippen LogP contribution in [-0.4, -0.2) is 26.3 Å². The molecule has 0 bridgehead atoms. The van der Waals surface area contributed by atoms with E-state index < -0.39 is 0 Å². The van der Waals surface area contributed by atoms with Gasteiger partial charge in [0.25, 0.3) is 0 Å². The molecule has 0 fully saturated rings. The molecule has 1 N–H and O–H groups in total. The number of H-pyrrole nitrogens is 1. The largest absolute Gasteiger partial charge is 0.335 e. The van der Waals surface area contributed by atoms with Crippen LogP contribution in [0.5, 0.6) is 0 Å². The van der Waals surface area contributed by atoms with Gasteiger partial charge in [0.2, 0.25) is 5.95 Å². The number of aryl methyl sites for hydroxylation is 1. The van der Waals surface area contributed by atoms with E-state index in [9.17, 15) is 0 Å². The van der Waals surface area contributed by atoms with E-state index in [4.69, 9.17) is 12.2 Å². The zero-order chi connectivity index (χ0) is 14.5. The molecule has 2 aromatic heterocycles. The van der Waals surface area contributed by atoms with E-state index >= 15 is 0 Å². The summed E-state index contributed by atoms with van der Waals surface area (Å²) in [7, 11) is 0. The van der Waals surface area contributed by atoms with Crippen LogP contribution in [-0.2, 0) is 13.1 Å². The van der Waals surface area contributed by atoms with Crippen LogP contribution >= 0.6 is 12.2 Å². The van der Waals surface area contributed by atoms with Crippen molar-refractivity contribution in [3.05, 3.63) is 34.4 Å². The maximum Gasteiger partial charge on any atom is 0.226 e.